The lowest BCUT2D eigenvalue weighted by Gasteiger charge is -2.34. The molecule has 5 heterocycles. The fourth-order valence-electron chi connectivity index (χ4n) is 4.26. The highest BCUT2D eigenvalue weighted by molar-refractivity contribution is 5.94. The summed E-state index contributed by atoms with van der Waals surface area (Å²) in [6.07, 6.45) is -1.65. The maximum absolute atomic E-state index is 13.1. The molecular formula is C26H24F3N5O. The molecule has 4 aromatic rings. The summed E-state index contributed by atoms with van der Waals surface area (Å²) >= 11 is 0. The number of alkyl halides is 3. The van der Waals surface area contributed by atoms with Crippen LogP contribution in [0.5, 0.6) is 0 Å². The Bertz CT molecular complexity index is 1390. The average Bonchev–Trinajstić information content (AvgIpc) is 2.84. The van der Waals surface area contributed by atoms with Crippen molar-refractivity contribution in [1.82, 2.24) is 19.9 Å². The third-order valence-electron chi connectivity index (χ3n) is 6.25. The minimum atomic E-state index is -4.50. The number of aromatic nitrogens is 4. The van der Waals surface area contributed by atoms with Gasteiger partial charge in [-0.3, -0.25) is 15.0 Å². The van der Waals surface area contributed by atoms with Crippen LogP contribution in [0.25, 0.3) is 22.2 Å². The van der Waals surface area contributed by atoms with Crippen molar-refractivity contribution in [2.24, 2.45) is 0 Å². The average molecular weight is 480 g/mol. The third-order valence-corrected chi connectivity index (χ3v) is 6.25. The Kier molecular flexibility index (Phi) is 5.88. The number of hydrogen-bond acceptors (Lipinski definition) is 6. The van der Waals surface area contributed by atoms with Gasteiger partial charge < -0.3 is 9.64 Å². The van der Waals surface area contributed by atoms with Crippen molar-refractivity contribution in [3.63, 3.8) is 0 Å². The minimum absolute atomic E-state index is 0.146. The van der Waals surface area contributed by atoms with Gasteiger partial charge >= 0.3 is 6.18 Å². The van der Waals surface area contributed by atoms with Gasteiger partial charge in [0.25, 0.3) is 0 Å². The molecule has 1 unspecified atom stereocenters. The summed E-state index contributed by atoms with van der Waals surface area (Å²) in [6.45, 7) is 7.56. The van der Waals surface area contributed by atoms with Crippen molar-refractivity contribution >= 4 is 16.7 Å². The molecule has 1 aliphatic heterocycles. The zero-order chi connectivity index (χ0) is 24.7. The predicted octanol–water partition coefficient (Wildman–Crippen LogP) is 5.61. The molecule has 0 N–H and O–H groups in total. The Hall–Kier alpha value is -3.59. The zero-order valence-corrected chi connectivity index (χ0v) is 19.6. The Morgan fingerprint density at radius 3 is 2.54 bits per heavy atom. The largest absolute Gasteiger partial charge is 0.433 e. The number of fused-ring (bicyclic) bond motifs is 1. The Balaban J connectivity index is 1.58. The standard InChI is InChI=1S/C26H24F3N5O/c1-15-10-20-21(32-17(15)3)12-24(33-25(20)19-4-5-23(31-13-19)26(27,28)29)34-8-9-35-22(14-34)18-6-7-30-16(2)11-18/h4-7,10-13,22H,8-9,14H2,1-3H3. The van der Waals surface area contributed by atoms with Gasteiger partial charge in [-0.1, -0.05) is 0 Å². The highest BCUT2D eigenvalue weighted by atomic mass is 19.4. The van der Waals surface area contributed by atoms with Crippen LogP contribution < -0.4 is 4.90 Å². The molecular weight excluding hydrogens is 455 g/mol. The van der Waals surface area contributed by atoms with Crippen LogP contribution in [-0.2, 0) is 10.9 Å². The van der Waals surface area contributed by atoms with Crippen LogP contribution in [0.15, 0.2) is 48.8 Å². The van der Waals surface area contributed by atoms with Crippen molar-refractivity contribution in [3.8, 4) is 11.3 Å². The molecule has 1 atom stereocenters. The summed E-state index contributed by atoms with van der Waals surface area (Å²) in [5.41, 5.74) is 4.68. The normalized spacial score (nSPS) is 16.6. The van der Waals surface area contributed by atoms with E-state index in [1.165, 1.54) is 12.3 Å². The summed E-state index contributed by atoms with van der Waals surface area (Å²) in [6, 6.07) is 10.3. The van der Waals surface area contributed by atoms with E-state index >= 15 is 0 Å². The molecule has 0 amide bonds. The number of aryl methyl sites for hydroxylation is 3. The second-order valence-corrected chi connectivity index (χ2v) is 8.75. The van der Waals surface area contributed by atoms with E-state index in [1.807, 2.05) is 45.0 Å². The monoisotopic (exact) mass is 479 g/mol. The predicted molar refractivity (Wildman–Crippen MR) is 127 cm³/mol. The first-order valence-electron chi connectivity index (χ1n) is 11.3. The molecule has 0 bridgehead atoms. The maximum Gasteiger partial charge on any atom is 0.433 e. The molecule has 0 spiro atoms. The number of anilines is 1. The molecule has 6 nitrogen and oxygen atoms in total. The van der Waals surface area contributed by atoms with E-state index in [4.69, 9.17) is 14.7 Å². The summed E-state index contributed by atoms with van der Waals surface area (Å²) in [7, 11) is 0. The lowest BCUT2D eigenvalue weighted by molar-refractivity contribution is -0.141. The van der Waals surface area contributed by atoms with Gasteiger partial charge in [-0.05, 0) is 62.2 Å². The van der Waals surface area contributed by atoms with Crippen molar-refractivity contribution in [3.05, 3.63) is 77.0 Å². The number of hydrogen-bond donors (Lipinski definition) is 0. The molecule has 0 radical (unpaired) electrons. The zero-order valence-electron chi connectivity index (χ0n) is 19.6. The van der Waals surface area contributed by atoms with E-state index in [0.29, 0.717) is 36.8 Å². The fraction of sp³-hybridized carbons (Fsp3) is 0.308. The van der Waals surface area contributed by atoms with Crippen LogP contribution in [0.2, 0.25) is 0 Å². The van der Waals surface area contributed by atoms with Crippen LogP contribution >= 0.6 is 0 Å². The van der Waals surface area contributed by atoms with Gasteiger partial charge in [0, 0.05) is 53.9 Å². The van der Waals surface area contributed by atoms with Crippen molar-refractivity contribution in [1.29, 1.82) is 0 Å². The van der Waals surface area contributed by atoms with Crippen molar-refractivity contribution in [2.45, 2.75) is 33.1 Å². The maximum atomic E-state index is 13.1. The highest BCUT2D eigenvalue weighted by Crippen LogP contribution is 2.34. The van der Waals surface area contributed by atoms with Gasteiger partial charge in [-0.15, -0.1) is 0 Å². The van der Waals surface area contributed by atoms with Crippen LogP contribution in [0.4, 0.5) is 19.0 Å². The second kappa shape index (κ2) is 8.88. The number of morpholine rings is 1. The molecule has 1 aliphatic rings. The van der Waals surface area contributed by atoms with E-state index in [-0.39, 0.29) is 6.10 Å². The summed E-state index contributed by atoms with van der Waals surface area (Å²) < 4.78 is 45.2. The van der Waals surface area contributed by atoms with E-state index in [2.05, 4.69) is 14.9 Å². The van der Waals surface area contributed by atoms with E-state index in [9.17, 15) is 13.2 Å². The molecule has 0 aliphatic carbocycles. The molecule has 4 aromatic heterocycles. The molecule has 1 saturated heterocycles. The topological polar surface area (TPSA) is 64.0 Å². The van der Waals surface area contributed by atoms with Crippen LogP contribution in [0.1, 0.15) is 34.3 Å². The number of ether oxygens (including phenoxy) is 1. The van der Waals surface area contributed by atoms with Gasteiger partial charge in [0.2, 0.25) is 0 Å². The summed E-state index contributed by atoms with van der Waals surface area (Å²) in [5.74, 6) is 0.697. The van der Waals surface area contributed by atoms with Crippen LogP contribution in [-0.4, -0.2) is 39.6 Å². The van der Waals surface area contributed by atoms with Crippen LogP contribution in [0, 0.1) is 20.8 Å². The quantitative estimate of drug-likeness (QED) is 0.381. The van der Waals surface area contributed by atoms with Crippen molar-refractivity contribution < 1.29 is 17.9 Å². The molecule has 0 saturated carbocycles. The number of halogens is 3. The van der Waals surface area contributed by atoms with Gasteiger partial charge in [0.05, 0.1) is 17.8 Å². The number of pyridine rings is 4. The summed E-state index contributed by atoms with van der Waals surface area (Å²) in [4.78, 5) is 19.7. The van der Waals surface area contributed by atoms with Gasteiger partial charge in [-0.2, -0.15) is 13.2 Å². The Morgan fingerprint density at radius 2 is 1.83 bits per heavy atom. The smallest absolute Gasteiger partial charge is 0.370 e. The SMILES string of the molecule is Cc1cc(C2CN(c3cc4nc(C)c(C)cc4c(-c4ccc(C(F)(F)F)nc4)n3)CCO2)ccn1. The van der Waals surface area contributed by atoms with Gasteiger partial charge in [0.15, 0.2) is 0 Å². The molecule has 180 valence electrons. The van der Waals surface area contributed by atoms with Gasteiger partial charge in [0.1, 0.15) is 17.6 Å². The molecule has 1 fully saturated rings. The Labute approximate surface area is 200 Å². The second-order valence-electron chi connectivity index (χ2n) is 8.75. The first-order valence-corrected chi connectivity index (χ1v) is 11.3. The van der Waals surface area contributed by atoms with Crippen molar-refractivity contribution in [2.75, 3.05) is 24.6 Å². The Morgan fingerprint density at radius 1 is 1.00 bits per heavy atom. The summed E-state index contributed by atoms with van der Waals surface area (Å²) in [5, 5.41) is 0.771. The number of nitrogens with zero attached hydrogens (tertiary/aromatic N) is 5. The lowest BCUT2D eigenvalue weighted by atomic mass is 10.0. The highest BCUT2D eigenvalue weighted by Gasteiger charge is 2.32. The third kappa shape index (κ3) is 4.68. The van der Waals surface area contributed by atoms with Crippen LogP contribution in [0.3, 0.4) is 0 Å². The first-order chi connectivity index (χ1) is 16.7. The molecule has 0 aromatic carbocycles. The molecule has 35 heavy (non-hydrogen) atoms. The molecule has 9 heteroatoms. The molecule has 5 rings (SSSR count). The first kappa shape index (κ1) is 23.2. The lowest BCUT2D eigenvalue weighted by Crippen LogP contribution is -2.39. The fourth-order valence-corrected chi connectivity index (χ4v) is 4.26. The number of rotatable bonds is 3. The minimum Gasteiger partial charge on any atom is -0.370 e. The van der Waals surface area contributed by atoms with E-state index in [1.54, 1.807) is 6.20 Å². The van der Waals surface area contributed by atoms with Gasteiger partial charge in [-0.25, -0.2) is 4.98 Å². The van der Waals surface area contributed by atoms with E-state index < -0.39 is 11.9 Å². The van der Waals surface area contributed by atoms with E-state index in [0.717, 1.165) is 39.5 Å².